The Balaban J connectivity index is 0.00000144. The van der Waals surface area contributed by atoms with Gasteiger partial charge < -0.3 is 10.0 Å². The molecule has 85 valence electrons. The molecule has 0 aromatic heterocycles. The molecule has 0 bridgehead atoms. The van der Waals surface area contributed by atoms with Crippen LogP contribution in [0.1, 0.15) is 5.56 Å². The second-order valence-corrected chi connectivity index (χ2v) is 4.39. The fraction of sp³-hybridized carbons (Fsp3) is 0.0769. The number of nitrogens with zero attached hydrogens (tertiary/aromatic N) is 1. The molecule has 17 heavy (non-hydrogen) atoms. The Morgan fingerprint density at radius 3 is 2.47 bits per heavy atom. The van der Waals surface area contributed by atoms with E-state index >= 15 is 0 Å². The van der Waals surface area contributed by atoms with Crippen molar-refractivity contribution in [2.45, 2.75) is 0 Å². The van der Waals surface area contributed by atoms with Gasteiger partial charge in [-0.2, -0.15) is 12.2 Å². The van der Waals surface area contributed by atoms with Gasteiger partial charge in [-0.15, -0.1) is 28.1 Å². The van der Waals surface area contributed by atoms with Gasteiger partial charge in [0.1, 0.15) is 5.75 Å². The average molecular weight is 366 g/mol. The molecule has 4 heteroatoms. The normalized spacial score (nSPS) is 14.9. The first-order valence-electron chi connectivity index (χ1n) is 4.81. The third-order valence-electron chi connectivity index (χ3n) is 2.49. The fourth-order valence-corrected chi connectivity index (χ4v) is 1.88. The van der Waals surface area contributed by atoms with Gasteiger partial charge in [0.2, 0.25) is 0 Å². The molecule has 0 atom stereocenters. The number of rotatable bonds is 1. The van der Waals surface area contributed by atoms with Crippen molar-refractivity contribution in [2.75, 3.05) is 7.05 Å². The van der Waals surface area contributed by atoms with Crippen molar-refractivity contribution >= 4 is 21.6 Å². The van der Waals surface area contributed by atoms with E-state index in [1.807, 2.05) is 30.2 Å². The van der Waals surface area contributed by atoms with Crippen molar-refractivity contribution in [1.29, 1.82) is 0 Å². The Kier molecular flexibility index (Phi) is 5.17. The van der Waals surface area contributed by atoms with Gasteiger partial charge in [0.15, 0.2) is 0 Å². The van der Waals surface area contributed by atoms with Crippen molar-refractivity contribution in [3.05, 3.63) is 58.7 Å². The number of likely N-dealkylation sites (N-methyl/N-ethyl adjacent to an activating group) is 1. The number of phenols is 1. The summed E-state index contributed by atoms with van der Waals surface area (Å²) in [7, 11) is 1.94. The van der Waals surface area contributed by atoms with Gasteiger partial charge in [-0.1, -0.05) is 22.3 Å². The first-order valence-corrected chi connectivity index (χ1v) is 5.60. The number of phenolic OH excluding ortho intramolecular Hbond substituents is 1. The van der Waals surface area contributed by atoms with Crippen molar-refractivity contribution in [1.82, 2.24) is 4.90 Å². The molecular weight excluding hydrogens is 355 g/mol. The van der Waals surface area contributed by atoms with E-state index in [0.29, 0.717) is 0 Å². The molecular formula is C13H11BrNOY-. The Labute approximate surface area is 135 Å². The molecule has 1 heterocycles. The summed E-state index contributed by atoms with van der Waals surface area (Å²) in [6.45, 7) is 3.97. The van der Waals surface area contributed by atoms with Crippen molar-refractivity contribution in [3.8, 4) is 5.75 Å². The van der Waals surface area contributed by atoms with E-state index < -0.39 is 0 Å². The van der Waals surface area contributed by atoms with Crippen LogP contribution < -0.4 is 0 Å². The number of hydrogen-bond donors (Lipinski definition) is 1. The number of benzene rings is 1. The van der Waals surface area contributed by atoms with Crippen LogP contribution in [-0.4, -0.2) is 17.1 Å². The van der Waals surface area contributed by atoms with Gasteiger partial charge in [0, 0.05) is 39.8 Å². The van der Waals surface area contributed by atoms with Crippen LogP contribution in [0.25, 0.3) is 5.70 Å². The van der Waals surface area contributed by atoms with Crippen LogP contribution in [0, 0.1) is 6.08 Å². The first kappa shape index (κ1) is 14.7. The Hall–Kier alpha value is -0.376. The molecule has 1 aromatic carbocycles. The summed E-state index contributed by atoms with van der Waals surface area (Å²) >= 11 is 3.41. The van der Waals surface area contributed by atoms with Crippen molar-refractivity contribution in [3.63, 3.8) is 0 Å². The second-order valence-electron chi connectivity index (χ2n) is 3.54. The molecule has 1 radical (unpaired) electrons. The zero-order chi connectivity index (χ0) is 11.7. The monoisotopic (exact) mass is 365 g/mol. The van der Waals surface area contributed by atoms with Crippen LogP contribution >= 0.6 is 15.9 Å². The minimum Gasteiger partial charge on any atom is -0.508 e. The van der Waals surface area contributed by atoms with Crippen LogP contribution in [0.5, 0.6) is 5.75 Å². The Bertz CT molecular complexity index is 491. The average Bonchev–Trinajstić information content (AvgIpc) is 2.28. The molecule has 2 nitrogen and oxygen atoms in total. The molecule has 1 N–H and O–H groups in total. The number of aromatic hydroxyl groups is 1. The quantitative estimate of drug-likeness (QED) is 0.772. The third-order valence-corrected chi connectivity index (χ3v) is 3.18. The molecule has 0 unspecified atom stereocenters. The topological polar surface area (TPSA) is 23.5 Å². The van der Waals surface area contributed by atoms with Crippen LogP contribution in [0.15, 0.2) is 47.1 Å². The van der Waals surface area contributed by atoms with Gasteiger partial charge in [-0.25, -0.2) is 0 Å². The molecule has 1 aliphatic heterocycles. The van der Waals surface area contributed by atoms with Crippen molar-refractivity contribution < 1.29 is 37.8 Å². The van der Waals surface area contributed by atoms with E-state index in [1.165, 1.54) is 0 Å². The zero-order valence-corrected chi connectivity index (χ0v) is 13.9. The fourth-order valence-electron chi connectivity index (χ4n) is 1.50. The molecule has 0 saturated carbocycles. The second kappa shape index (κ2) is 5.99. The van der Waals surface area contributed by atoms with E-state index in [0.717, 1.165) is 21.4 Å². The first-order chi connectivity index (χ1) is 7.59. The van der Waals surface area contributed by atoms with Gasteiger partial charge in [-0.05, 0) is 17.8 Å². The maximum Gasteiger partial charge on any atom is 0.113 e. The standard InChI is InChI=1S/C13H11BrNO.Y/c1-9-12(14)7-8-13(15(9)2)10-3-5-11(16)6-4-10;/h3-7,16H,1H2,2H3;/q-1;. The number of hydrogen-bond acceptors (Lipinski definition) is 2. The molecule has 0 spiro atoms. The van der Waals surface area contributed by atoms with Crippen LogP contribution in [0.3, 0.4) is 0 Å². The van der Waals surface area contributed by atoms with E-state index in [2.05, 4.69) is 28.6 Å². The van der Waals surface area contributed by atoms with E-state index in [4.69, 9.17) is 0 Å². The van der Waals surface area contributed by atoms with Gasteiger partial charge in [0.05, 0.1) is 0 Å². The largest absolute Gasteiger partial charge is 0.508 e. The minimum absolute atomic E-state index is 0. The van der Waals surface area contributed by atoms with Crippen LogP contribution in [-0.2, 0) is 32.7 Å². The summed E-state index contributed by atoms with van der Waals surface area (Å²) < 4.78 is 0.928. The molecule has 2 rings (SSSR count). The summed E-state index contributed by atoms with van der Waals surface area (Å²) in [5.74, 6) is 0.262. The predicted octanol–water partition coefficient (Wildman–Crippen LogP) is 3.27. The van der Waals surface area contributed by atoms with Gasteiger partial charge >= 0.3 is 0 Å². The molecule has 0 aliphatic carbocycles. The summed E-state index contributed by atoms with van der Waals surface area (Å²) in [5.41, 5.74) is 2.83. The van der Waals surface area contributed by atoms with E-state index in [-0.39, 0.29) is 38.5 Å². The van der Waals surface area contributed by atoms with Crippen LogP contribution in [0.2, 0.25) is 0 Å². The number of halogens is 1. The SMILES string of the molecule is C=C1C(Br)=C[C-]=C(c2ccc(O)cc2)N1C.[Y]. The van der Waals surface area contributed by atoms with Crippen molar-refractivity contribution in [2.24, 2.45) is 0 Å². The maximum atomic E-state index is 9.23. The maximum absolute atomic E-state index is 9.23. The van der Waals surface area contributed by atoms with E-state index in [1.54, 1.807) is 12.1 Å². The van der Waals surface area contributed by atoms with E-state index in [9.17, 15) is 5.11 Å². The van der Waals surface area contributed by atoms with Gasteiger partial charge in [0.25, 0.3) is 0 Å². The molecule has 1 aromatic rings. The number of allylic oxidation sites excluding steroid dienone is 3. The predicted molar refractivity (Wildman–Crippen MR) is 68.7 cm³/mol. The minimum atomic E-state index is 0. The molecule has 1 aliphatic rings. The van der Waals surface area contributed by atoms with Crippen LogP contribution in [0.4, 0.5) is 0 Å². The Morgan fingerprint density at radius 2 is 1.88 bits per heavy atom. The molecule has 0 saturated heterocycles. The Morgan fingerprint density at radius 1 is 1.29 bits per heavy atom. The molecule has 0 amide bonds. The summed E-state index contributed by atoms with van der Waals surface area (Å²) in [4.78, 5) is 1.95. The summed E-state index contributed by atoms with van der Waals surface area (Å²) in [6.07, 6.45) is 5.03. The third kappa shape index (κ3) is 3.09. The summed E-state index contributed by atoms with van der Waals surface area (Å²) in [6, 6.07) is 7.03. The summed E-state index contributed by atoms with van der Waals surface area (Å²) in [5, 5.41) is 9.23. The van der Waals surface area contributed by atoms with Gasteiger partial charge in [-0.3, -0.25) is 0 Å². The zero-order valence-electron chi connectivity index (χ0n) is 9.44. The smallest absolute Gasteiger partial charge is 0.113 e. The molecule has 0 fully saturated rings.